The first-order chi connectivity index (χ1) is 9.05. The van der Waals surface area contributed by atoms with Crippen molar-refractivity contribution in [1.29, 1.82) is 0 Å². The van der Waals surface area contributed by atoms with E-state index in [4.69, 9.17) is 28.9 Å². The minimum Gasteiger partial charge on any atom is -0.330 e. The Bertz CT molecular complexity index is 557. The molecule has 19 heavy (non-hydrogen) atoms. The van der Waals surface area contributed by atoms with E-state index in [1.165, 1.54) is 0 Å². The van der Waals surface area contributed by atoms with Crippen molar-refractivity contribution in [2.75, 3.05) is 6.54 Å². The van der Waals surface area contributed by atoms with Crippen molar-refractivity contribution in [2.24, 2.45) is 5.73 Å². The number of halogens is 2. The fourth-order valence-corrected chi connectivity index (χ4v) is 2.71. The summed E-state index contributed by atoms with van der Waals surface area (Å²) < 4.78 is 0. The Hall–Kier alpha value is -1.09. The highest BCUT2D eigenvalue weighted by Gasteiger charge is 2.28. The van der Waals surface area contributed by atoms with E-state index in [1.807, 2.05) is 30.5 Å². The number of hydrogen-bond donors (Lipinski definition) is 1. The van der Waals surface area contributed by atoms with Crippen LogP contribution in [0.3, 0.4) is 0 Å². The summed E-state index contributed by atoms with van der Waals surface area (Å²) in [6.07, 6.45) is 4.39. The fraction of sp³-hybridized carbons (Fsp3) is 0.267. The Morgan fingerprint density at radius 2 is 2.05 bits per heavy atom. The van der Waals surface area contributed by atoms with Crippen LogP contribution in [0.2, 0.25) is 10.0 Å². The predicted octanol–water partition coefficient (Wildman–Crippen LogP) is 3.85. The quantitative estimate of drug-likeness (QED) is 0.930. The van der Waals surface area contributed by atoms with Crippen molar-refractivity contribution in [3.63, 3.8) is 0 Å². The molecule has 2 N–H and O–H groups in total. The SMILES string of the molecule is CC(CN)(Cc1cccnc1)c1cc(Cl)ccc1Cl. The number of nitrogens with two attached hydrogens (primary N) is 1. The summed E-state index contributed by atoms with van der Waals surface area (Å²) in [6.45, 7) is 2.58. The maximum atomic E-state index is 6.30. The van der Waals surface area contributed by atoms with Crippen molar-refractivity contribution < 1.29 is 0 Å². The van der Waals surface area contributed by atoms with Crippen molar-refractivity contribution in [1.82, 2.24) is 4.98 Å². The second kappa shape index (κ2) is 5.91. The molecule has 100 valence electrons. The van der Waals surface area contributed by atoms with Gasteiger partial charge in [0.05, 0.1) is 0 Å². The lowest BCUT2D eigenvalue weighted by atomic mass is 9.77. The van der Waals surface area contributed by atoms with Crippen LogP contribution in [0.15, 0.2) is 42.7 Å². The minimum absolute atomic E-state index is 0.259. The summed E-state index contributed by atoms with van der Waals surface area (Å²) in [5.74, 6) is 0. The molecular formula is C15H16Cl2N2. The first-order valence-corrected chi connectivity index (χ1v) is 6.85. The fourth-order valence-electron chi connectivity index (χ4n) is 2.19. The smallest absolute Gasteiger partial charge is 0.0445 e. The highest BCUT2D eigenvalue weighted by atomic mass is 35.5. The molecule has 0 bridgehead atoms. The average molecular weight is 295 g/mol. The summed E-state index contributed by atoms with van der Waals surface area (Å²) in [5.41, 5.74) is 7.84. The highest BCUT2D eigenvalue weighted by Crippen LogP contribution is 2.34. The van der Waals surface area contributed by atoms with Crippen molar-refractivity contribution >= 4 is 23.2 Å². The first kappa shape index (κ1) is 14.3. The Morgan fingerprint density at radius 3 is 2.68 bits per heavy atom. The number of nitrogens with zero attached hydrogens (tertiary/aromatic N) is 1. The molecule has 1 aromatic heterocycles. The number of hydrogen-bond acceptors (Lipinski definition) is 2. The van der Waals surface area contributed by atoms with E-state index in [9.17, 15) is 0 Å². The minimum atomic E-state index is -0.259. The van der Waals surface area contributed by atoms with Crippen LogP contribution in [0.1, 0.15) is 18.1 Å². The normalized spacial score (nSPS) is 14.1. The first-order valence-electron chi connectivity index (χ1n) is 6.10. The van der Waals surface area contributed by atoms with E-state index in [0.717, 1.165) is 17.5 Å². The van der Waals surface area contributed by atoms with E-state index >= 15 is 0 Å². The monoisotopic (exact) mass is 294 g/mol. The van der Waals surface area contributed by atoms with Gasteiger partial charge in [0.15, 0.2) is 0 Å². The van der Waals surface area contributed by atoms with E-state index < -0.39 is 0 Å². The van der Waals surface area contributed by atoms with Gasteiger partial charge in [-0.15, -0.1) is 0 Å². The molecule has 2 aromatic rings. The van der Waals surface area contributed by atoms with Gasteiger partial charge in [0.25, 0.3) is 0 Å². The van der Waals surface area contributed by atoms with Crippen LogP contribution in [0, 0.1) is 0 Å². The predicted molar refractivity (Wildman–Crippen MR) is 80.8 cm³/mol. The highest BCUT2D eigenvalue weighted by molar-refractivity contribution is 6.33. The Morgan fingerprint density at radius 1 is 1.26 bits per heavy atom. The van der Waals surface area contributed by atoms with E-state index in [2.05, 4.69) is 11.9 Å². The van der Waals surface area contributed by atoms with Gasteiger partial charge in [-0.25, -0.2) is 0 Å². The molecule has 1 aromatic carbocycles. The molecule has 1 atom stereocenters. The third-order valence-electron chi connectivity index (χ3n) is 3.35. The zero-order valence-corrected chi connectivity index (χ0v) is 12.2. The molecule has 0 aliphatic rings. The number of pyridine rings is 1. The van der Waals surface area contributed by atoms with Gasteiger partial charge in [-0.05, 0) is 41.8 Å². The second-order valence-electron chi connectivity index (χ2n) is 4.93. The van der Waals surface area contributed by atoms with Gasteiger partial charge >= 0.3 is 0 Å². The van der Waals surface area contributed by atoms with Gasteiger partial charge in [-0.1, -0.05) is 36.2 Å². The van der Waals surface area contributed by atoms with Gasteiger partial charge in [0, 0.05) is 34.4 Å². The van der Waals surface area contributed by atoms with Crippen LogP contribution in [0.25, 0.3) is 0 Å². The molecule has 0 saturated heterocycles. The lowest BCUT2D eigenvalue weighted by Gasteiger charge is -2.30. The summed E-state index contributed by atoms with van der Waals surface area (Å²) in [4.78, 5) is 4.14. The average Bonchev–Trinajstić information content (AvgIpc) is 2.42. The van der Waals surface area contributed by atoms with Gasteiger partial charge in [-0.3, -0.25) is 4.98 Å². The molecule has 4 heteroatoms. The van der Waals surface area contributed by atoms with Crippen LogP contribution >= 0.6 is 23.2 Å². The lowest BCUT2D eigenvalue weighted by Crippen LogP contribution is -2.34. The molecule has 0 spiro atoms. The van der Waals surface area contributed by atoms with Crippen LogP contribution < -0.4 is 5.73 Å². The lowest BCUT2D eigenvalue weighted by molar-refractivity contribution is 0.480. The topological polar surface area (TPSA) is 38.9 Å². The summed E-state index contributed by atoms with van der Waals surface area (Å²) in [7, 11) is 0. The zero-order chi connectivity index (χ0) is 13.9. The third kappa shape index (κ3) is 3.27. The zero-order valence-electron chi connectivity index (χ0n) is 10.7. The Balaban J connectivity index is 2.39. The molecule has 1 unspecified atom stereocenters. The van der Waals surface area contributed by atoms with E-state index in [0.29, 0.717) is 16.6 Å². The molecular weight excluding hydrogens is 279 g/mol. The van der Waals surface area contributed by atoms with Crippen LogP contribution in [-0.2, 0) is 11.8 Å². The molecule has 2 nitrogen and oxygen atoms in total. The van der Waals surface area contributed by atoms with Crippen molar-refractivity contribution in [3.8, 4) is 0 Å². The maximum absolute atomic E-state index is 6.30. The summed E-state index contributed by atoms with van der Waals surface area (Å²) >= 11 is 12.4. The number of benzene rings is 1. The van der Waals surface area contributed by atoms with Crippen LogP contribution in [-0.4, -0.2) is 11.5 Å². The summed E-state index contributed by atoms with van der Waals surface area (Å²) in [6, 6.07) is 9.46. The second-order valence-corrected chi connectivity index (χ2v) is 5.77. The maximum Gasteiger partial charge on any atom is 0.0445 e. The third-order valence-corrected chi connectivity index (χ3v) is 3.91. The largest absolute Gasteiger partial charge is 0.330 e. The summed E-state index contributed by atoms with van der Waals surface area (Å²) in [5, 5.41) is 1.37. The van der Waals surface area contributed by atoms with Crippen LogP contribution in [0.5, 0.6) is 0 Å². The Labute approximate surface area is 123 Å². The van der Waals surface area contributed by atoms with E-state index in [1.54, 1.807) is 12.3 Å². The molecule has 0 aliphatic carbocycles. The molecule has 2 rings (SSSR count). The van der Waals surface area contributed by atoms with Gasteiger partial charge < -0.3 is 5.73 Å². The standard InChI is InChI=1S/C15H16Cl2N2/c1-15(10-18,8-11-3-2-6-19-9-11)13-7-12(16)4-5-14(13)17/h2-7,9H,8,10,18H2,1H3. The van der Waals surface area contributed by atoms with Crippen LogP contribution in [0.4, 0.5) is 0 Å². The number of aromatic nitrogens is 1. The molecule has 0 aliphatic heterocycles. The molecule has 0 amide bonds. The van der Waals surface area contributed by atoms with Gasteiger partial charge in [0.1, 0.15) is 0 Å². The number of rotatable bonds is 4. The Kier molecular flexibility index (Phi) is 4.46. The van der Waals surface area contributed by atoms with E-state index in [-0.39, 0.29) is 5.41 Å². The molecule has 0 fully saturated rings. The molecule has 0 saturated carbocycles. The van der Waals surface area contributed by atoms with Gasteiger partial charge in [-0.2, -0.15) is 0 Å². The molecule has 0 radical (unpaired) electrons. The van der Waals surface area contributed by atoms with Gasteiger partial charge in [0.2, 0.25) is 0 Å². The molecule has 1 heterocycles. The van der Waals surface area contributed by atoms with Crippen molar-refractivity contribution in [2.45, 2.75) is 18.8 Å². The van der Waals surface area contributed by atoms with Crippen molar-refractivity contribution in [3.05, 3.63) is 63.9 Å².